The second-order valence-electron chi connectivity index (χ2n) is 4.32. The Bertz CT molecular complexity index is 175. The normalized spacial score (nSPS) is 11.9. The van der Waals surface area contributed by atoms with Crippen LogP contribution in [0.4, 0.5) is 0 Å². The zero-order valence-electron chi connectivity index (χ0n) is 9.79. The molecule has 0 aromatic carbocycles. The van der Waals surface area contributed by atoms with E-state index < -0.39 is 5.60 Å². The van der Waals surface area contributed by atoms with Crippen LogP contribution in [0, 0.1) is 0 Å². The number of hydrogen-bond donors (Lipinski definition) is 0. The van der Waals surface area contributed by atoms with Crippen LogP contribution in [-0.2, 0) is 14.3 Å². The highest BCUT2D eigenvalue weighted by Crippen LogP contribution is 2.06. The van der Waals surface area contributed by atoms with Crippen molar-refractivity contribution in [2.75, 3.05) is 33.9 Å². The van der Waals surface area contributed by atoms with Gasteiger partial charge < -0.3 is 9.47 Å². The predicted molar refractivity (Wildman–Crippen MR) is 55.2 cm³/mol. The fraction of sp³-hybridized carbons (Fsp3) is 0.900. The van der Waals surface area contributed by atoms with Crippen molar-refractivity contribution in [3.63, 3.8) is 0 Å². The minimum absolute atomic E-state index is 0.198. The second kappa shape index (κ2) is 5.98. The van der Waals surface area contributed by atoms with Crippen LogP contribution in [-0.4, -0.2) is 50.3 Å². The summed E-state index contributed by atoms with van der Waals surface area (Å²) in [6.07, 6.45) is 0. The van der Waals surface area contributed by atoms with Crippen LogP contribution in [0.25, 0.3) is 0 Å². The average Bonchev–Trinajstić information content (AvgIpc) is 1.96. The van der Waals surface area contributed by atoms with Gasteiger partial charge in [0.2, 0.25) is 0 Å². The Labute approximate surface area is 86.2 Å². The maximum Gasteiger partial charge on any atom is 0.320 e. The molecule has 14 heavy (non-hydrogen) atoms. The Balaban J connectivity index is 3.71. The molecule has 0 saturated heterocycles. The van der Waals surface area contributed by atoms with E-state index in [1.54, 1.807) is 7.11 Å². The number of likely N-dealkylation sites (N-methyl/N-ethyl adjacent to an activating group) is 1. The first-order chi connectivity index (χ1) is 6.35. The minimum Gasteiger partial charge on any atom is -0.459 e. The van der Waals surface area contributed by atoms with Crippen molar-refractivity contribution in [3.05, 3.63) is 0 Å². The first kappa shape index (κ1) is 13.4. The zero-order chi connectivity index (χ0) is 11.2. The Morgan fingerprint density at radius 2 is 1.93 bits per heavy atom. The van der Waals surface area contributed by atoms with Crippen LogP contribution in [0.1, 0.15) is 20.8 Å². The maximum atomic E-state index is 11.3. The molecule has 0 aromatic rings. The van der Waals surface area contributed by atoms with E-state index in [2.05, 4.69) is 0 Å². The van der Waals surface area contributed by atoms with Crippen LogP contribution < -0.4 is 0 Å². The van der Waals surface area contributed by atoms with Gasteiger partial charge in [-0.15, -0.1) is 0 Å². The maximum absolute atomic E-state index is 11.3. The van der Waals surface area contributed by atoms with E-state index in [0.29, 0.717) is 13.2 Å². The highest BCUT2D eigenvalue weighted by atomic mass is 16.6. The molecule has 0 N–H and O–H groups in total. The topological polar surface area (TPSA) is 38.8 Å². The van der Waals surface area contributed by atoms with Crippen LogP contribution in [0.15, 0.2) is 0 Å². The van der Waals surface area contributed by atoms with Crippen molar-refractivity contribution in [1.82, 2.24) is 4.90 Å². The second-order valence-corrected chi connectivity index (χ2v) is 4.32. The van der Waals surface area contributed by atoms with Gasteiger partial charge in [0.15, 0.2) is 0 Å². The largest absolute Gasteiger partial charge is 0.459 e. The van der Waals surface area contributed by atoms with Crippen molar-refractivity contribution >= 4 is 5.97 Å². The van der Waals surface area contributed by atoms with Gasteiger partial charge in [-0.25, -0.2) is 0 Å². The van der Waals surface area contributed by atoms with Crippen LogP contribution >= 0.6 is 0 Å². The lowest BCUT2D eigenvalue weighted by Crippen LogP contribution is -2.34. The quantitative estimate of drug-likeness (QED) is 0.622. The fourth-order valence-electron chi connectivity index (χ4n) is 0.920. The number of carbonyl (C=O) groups excluding carboxylic acids is 1. The Morgan fingerprint density at radius 3 is 2.36 bits per heavy atom. The van der Waals surface area contributed by atoms with Gasteiger partial charge in [-0.3, -0.25) is 9.69 Å². The molecular formula is C10H21NO3. The number of methoxy groups -OCH3 is 1. The average molecular weight is 203 g/mol. The first-order valence-corrected chi connectivity index (χ1v) is 4.74. The number of hydrogen-bond acceptors (Lipinski definition) is 4. The van der Waals surface area contributed by atoms with Gasteiger partial charge in [0.05, 0.1) is 13.2 Å². The molecule has 84 valence electrons. The monoisotopic (exact) mass is 203 g/mol. The molecule has 0 fully saturated rings. The molecule has 0 heterocycles. The van der Waals surface area contributed by atoms with E-state index in [-0.39, 0.29) is 5.97 Å². The van der Waals surface area contributed by atoms with Gasteiger partial charge in [0.25, 0.3) is 0 Å². The summed E-state index contributed by atoms with van der Waals surface area (Å²) >= 11 is 0. The third-order valence-electron chi connectivity index (χ3n) is 1.50. The molecule has 0 aliphatic carbocycles. The molecule has 0 rings (SSSR count). The molecule has 0 atom stereocenters. The summed E-state index contributed by atoms with van der Waals surface area (Å²) < 4.78 is 10.1. The summed E-state index contributed by atoms with van der Waals surface area (Å²) in [6.45, 7) is 7.25. The Morgan fingerprint density at radius 1 is 1.36 bits per heavy atom. The van der Waals surface area contributed by atoms with E-state index in [4.69, 9.17) is 9.47 Å². The Kier molecular flexibility index (Phi) is 5.72. The molecule has 0 aliphatic rings. The summed E-state index contributed by atoms with van der Waals surface area (Å²) in [7, 11) is 3.50. The summed E-state index contributed by atoms with van der Waals surface area (Å²) in [6, 6.07) is 0. The van der Waals surface area contributed by atoms with E-state index in [9.17, 15) is 4.79 Å². The highest BCUT2D eigenvalue weighted by Gasteiger charge is 2.17. The van der Waals surface area contributed by atoms with E-state index in [1.165, 1.54) is 0 Å². The van der Waals surface area contributed by atoms with Crippen molar-refractivity contribution in [3.8, 4) is 0 Å². The van der Waals surface area contributed by atoms with Gasteiger partial charge in [-0.1, -0.05) is 0 Å². The summed E-state index contributed by atoms with van der Waals surface area (Å²) in [5, 5.41) is 0. The minimum atomic E-state index is -0.404. The Hall–Kier alpha value is -0.610. The van der Waals surface area contributed by atoms with Crippen molar-refractivity contribution in [2.24, 2.45) is 0 Å². The smallest absolute Gasteiger partial charge is 0.320 e. The molecule has 4 nitrogen and oxygen atoms in total. The molecule has 0 amide bonds. The van der Waals surface area contributed by atoms with E-state index in [0.717, 1.165) is 6.54 Å². The molecular weight excluding hydrogens is 182 g/mol. The molecule has 4 heteroatoms. The zero-order valence-corrected chi connectivity index (χ0v) is 9.79. The standard InChI is InChI=1S/C10H21NO3/c1-10(2,3)14-9(12)8-11(4)6-7-13-5/h6-8H2,1-5H3. The van der Waals surface area contributed by atoms with Crippen LogP contribution in [0.5, 0.6) is 0 Å². The van der Waals surface area contributed by atoms with Gasteiger partial charge in [-0.05, 0) is 27.8 Å². The summed E-state index contributed by atoms with van der Waals surface area (Å²) in [4.78, 5) is 13.2. The van der Waals surface area contributed by atoms with E-state index in [1.807, 2.05) is 32.7 Å². The van der Waals surface area contributed by atoms with Gasteiger partial charge >= 0.3 is 5.97 Å². The summed E-state index contributed by atoms with van der Waals surface area (Å²) in [5.41, 5.74) is -0.404. The lowest BCUT2D eigenvalue weighted by atomic mass is 10.2. The molecule has 0 radical (unpaired) electrons. The van der Waals surface area contributed by atoms with Gasteiger partial charge in [0.1, 0.15) is 5.60 Å². The SMILES string of the molecule is COCCN(C)CC(=O)OC(C)(C)C. The lowest BCUT2D eigenvalue weighted by Gasteiger charge is -2.22. The molecule has 0 spiro atoms. The highest BCUT2D eigenvalue weighted by molar-refractivity contribution is 5.72. The van der Waals surface area contributed by atoms with Crippen molar-refractivity contribution in [1.29, 1.82) is 0 Å². The number of carbonyl (C=O) groups is 1. The lowest BCUT2D eigenvalue weighted by molar-refractivity contribution is -0.155. The molecule has 0 aliphatic heterocycles. The first-order valence-electron chi connectivity index (χ1n) is 4.74. The molecule has 0 saturated carbocycles. The number of esters is 1. The van der Waals surface area contributed by atoms with Crippen molar-refractivity contribution < 1.29 is 14.3 Å². The number of rotatable bonds is 5. The van der Waals surface area contributed by atoms with Crippen molar-refractivity contribution in [2.45, 2.75) is 26.4 Å². The fourth-order valence-corrected chi connectivity index (χ4v) is 0.920. The molecule has 0 bridgehead atoms. The third-order valence-corrected chi connectivity index (χ3v) is 1.50. The number of nitrogens with zero attached hydrogens (tertiary/aromatic N) is 1. The number of ether oxygens (including phenoxy) is 2. The van der Waals surface area contributed by atoms with Gasteiger partial charge in [0, 0.05) is 13.7 Å². The molecule has 0 unspecified atom stereocenters. The van der Waals surface area contributed by atoms with Crippen LogP contribution in [0.2, 0.25) is 0 Å². The van der Waals surface area contributed by atoms with E-state index >= 15 is 0 Å². The predicted octanol–water partition coefficient (Wildman–Crippen LogP) is 0.906. The molecule has 0 aromatic heterocycles. The van der Waals surface area contributed by atoms with Crippen LogP contribution in [0.3, 0.4) is 0 Å². The third kappa shape index (κ3) is 8.01. The summed E-state index contributed by atoms with van der Waals surface area (Å²) in [5.74, 6) is -0.198. The van der Waals surface area contributed by atoms with Gasteiger partial charge in [-0.2, -0.15) is 0 Å².